The van der Waals surface area contributed by atoms with Crippen molar-refractivity contribution in [2.45, 2.75) is 38.5 Å². The quantitative estimate of drug-likeness (QED) is 0.457. The molecule has 0 bridgehead atoms. The van der Waals surface area contributed by atoms with Gasteiger partial charge >= 0.3 is 6.03 Å². The van der Waals surface area contributed by atoms with Gasteiger partial charge in [0, 0.05) is 29.5 Å². The van der Waals surface area contributed by atoms with Crippen molar-refractivity contribution in [3.8, 4) is 0 Å². The van der Waals surface area contributed by atoms with Gasteiger partial charge in [-0.1, -0.05) is 23.2 Å². The maximum atomic E-state index is 12.2. The molecule has 5 rings (SSSR count). The summed E-state index contributed by atoms with van der Waals surface area (Å²) in [5.41, 5.74) is 2.12. The van der Waals surface area contributed by atoms with Gasteiger partial charge in [-0.25, -0.2) is 14.8 Å². The van der Waals surface area contributed by atoms with Crippen LogP contribution in [0.1, 0.15) is 36.1 Å². The van der Waals surface area contributed by atoms with Crippen molar-refractivity contribution in [1.29, 1.82) is 0 Å². The highest BCUT2D eigenvalue weighted by Crippen LogP contribution is 2.41. The number of nitrogens with one attached hydrogen (secondary N) is 2. The Labute approximate surface area is 201 Å². The number of hydrogen-bond donors (Lipinski definition) is 2. The Balaban J connectivity index is 1.28. The van der Waals surface area contributed by atoms with Crippen LogP contribution in [0.25, 0.3) is 10.2 Å². The number of urea groups is 1. The third kappa shape index (κ3) is 4.51. The molecule has 9 heteroatoms. The molecular formula is C23H25Cl2N5OS. The number of carbonyl (C=O) groups is 1. The average molecular weight is 490 g/mol. The van der Waals surface area contributed by atoms with Gasteiger partial charge in [-0.15, -0.1) is 11.3 Å². The number of hydrogen-bond acceptors (Lipinski definition) is 5. The number of benzene rings is 1. The molecule has 3 aromatic rings. The van der Waals surface area contributed by atoms with Crippen LogP contribution in [0, 0.1) is 5.92 Å². The van der Waals surface area contributed by atoms with Crippen molar-refractivity contribution >= 4 is 62.3 Å². The molecule has 1 saturated heterocycles. The fraction of sp³-hybridized carbons (Fsp3) is 0.435. The van der Waals surface area contributed by atoms with Crippen LogP contribution >= 0.6 is 34.5 Å². The van der Waals surface area contributed by atoms with E-state index in [1.807, 2.05) is 17.0 Å². The Kier molecular flexibility index (Phi) is 6.40. The zero-order valence-corrected chi connectivity index (χ0v) is 20.0. The highest BCUT2D eigenvalue weighted by molar-refractivity contribution is 7.19. The number of rotatable bonds is 5. The molecule has 1 aliphatic carbocycles. The van der Waals surface area contributed by atoms with E-state index in [2.05, 4.69) is 20.6 Å². The molecule has 1 unspecified atom stereocenters. The number of carbonyl (C=O) groups excluding carboxylic acids is 1. The number of thiophene rings is 1. The van der Waals surface area contributed by atoms with Gasteiger partial charge in [-0.2, -0.15) is 0 Å². The largest absolute Gasteiger partial charge is 0.338 e. The topological polar surface area (TPSA) is 70.1 Å². The van der Waals surface area contributed by atoms with Gasteiger partial charge in [0.2, 0.25) is 0 Å². The van der Waals surface area contributed by atoms with E-state index in [1.54, 1.807) is 23.7 Å². The molecule has 2 aliphatic rings. The molecule has 6 nitrogen and oxygen atoms in total. The van der Waals surface area contributed by atoms with E-state index in [0.29, 0.717) is 16.0 Å². The van der Waals surface area contributed by atoms with Crippen molar-refractivity contribution < 1.29 is 4.79 Å². The summed E-state index contributed by atoms with van der Waals surface area (Å²) >= 11 is 14.1. The summed E-state index contributed by atoms with van der Waals surface area (Å²) in [5.74, 6) is 1.36. The van der Waals surface area contributed by atoms with Crippen LogP contribution in [-0.4, -0.2) is 40.5 Å². The van der Waals surface area contributed by atoms with Gasteiger partial charge in [-0.05, 0) is 68.2 Å². The molecule has 32 heavy (non-hydrogen) atoms. The third-order valence-corrected chi connectivity index (χ3v) is 8.06. The van der Waals surface area contributed by atoms with E-state index in [9.17, 15) is 4.79 Å². The highest BCUT2D eigenvalue weighted by atomic mass is 35.5. The molecule has 0 saturated carbocycles. The number of anilines is 2. The molecule has 0 radical (unpaired) electrons. The first-order valence-corrected chi connectivity index (χ1v) is 12.7. The molecule has 168 valence electrons. The summed E-state index contributed by atoms with van der Waals surface area (Å²) in [6, 6.07) is 5.49. The van der Waals surface area contributed by atoms with Crippen LogP contribution in [0.5, 0.6) is 0 Å². The van der Waals surface area contributed by atoms with Crippen molar-refractivity contribution in [2.24, 2.45) is 5.92 Å². The lowest BCUT2D eigenvalue weighted by Crippen LogP contribution is -2.39. The van der Waals surface area contributed by atoms with E-state index < -0.39 is 0 Å². The fourth-order valence-electron chi connectivity index (χ4n) is 4.65. The molecule has 2 amide bonds. The van der Waals surface area contributed by atoms with Gasteiger partial charge in [0.25, 0.3) is 0 Å². The van der Waals surface area contributed by atoms with Crippen molar-refractivity contribution in [3.05, 3.63) is 45.0 Å². The molecule has 3 heterocycles. The Morgan fingerprint density at radius 3 is 2.88 bits per heavy atom. The van der Waals surface area contributed by atoms with E-state index in [4.69, 9.17) is 23.2 Å². The lowest BCUT2D eigenvalue weighted by molar-refractivity contribution is 0.208. The zero-order chi connectivity index (χ0) is 22.1. The SMILES string of the molecule is O=C(NCCC1CCc2c(sc3ncnc(Nc4ccc(Cl)cc4Cl)c23)C1)N1CCCC1. The van der Waals surface area contributed by atoms with Crippen LogP contribution < -0.4 is 10.6 Å². The molecule has 1 fully saturated rings. The molecule has 0 spiro atoms. The second-order valence-electron chi connectivity index (χ2n) is 8.48. The number of likely N-dealkylation sites (tertiary alicyclic amines) is 1. The number of halogens is 2. The summed E-state index contributed by atoms with van der Waals surface area (Å²) in [5, 5.41) is 8.74. The number of fused-ring (bicyclic) bond motifs is 3. The van der Waals surface area contributed by atoms with Crippen LogP contribution in [-0.2, 0) is 12.8 Å². The third-order valence-electron chi connectivity index (χ3n) is 6.35. The van der Waals surface area contributed by atoms with Gasteiger partial charge in [-0.3, -0.25) is 0 Å². The van der Waals surface area contributed by atoms with Crippen molar-refractivity contribution in [2.75, 3.05) is 25.0 Å². The van der Waals surface area contributed by atoms with Gasteiger partial charge in [0.1, 0.15) is 17.0 Å². The van der Waals surface area contributed by atoms with E-state index in [1.165, 1.54) is 10.4 Å². The normalized spacial score (nSPS) is 18.1. The first-order valence-electron chi connectivity index (χ1n) is 11.1. The summed E-state index contributed by atoms with van der Waals surface area (Å²) in [7, 11) is 0. The molecule has 2 aromatic heterocycles. The average Bonchev–Trinajstić information content (AvgIpc) is 3.43. The second-order valence-corrected chi connectivity index (χ2v) is 10.4. The Morgan fingerprint density at radius 2 is 2.06 bits per heavy atom. The predicted molar refractivity (Wildman–Crippen MR) is 131 cm³/mol. The predicted octanol–water partition coefficient (Wildman–Crippen LogP) is 6.04. The second kappa shape index (κ2) is 9.41. The summed E-state index contributed by atoms with van der Waals surface area (Å²) < 4.78 is 0. The standard InChI is InChI=1S/C23H25Cl2N5OS/c24-15-4-6-18(17(25)12-15)29-21-20-16-5-3-14(11-19(16)32-22(20)28-13-27-21)7-8-26-23(31)30-9-1-2-10-30/h4,6,12-14H,1-3,5,7-11H2,(H,26,31)(H,27,28,29). The minimum Gasteiger partial charge on any atom is -0.338 e. The first kappa shape index (κ1) is 21.7. The lowest BCUT2D eigenvalue weighted by Gasteiger charge is -2.23. The zero-order valence-electron chi connectivity index (χ0n) is 17.7. The van der Waals surface area contributed by atoms with Crippen LogP contribution in [0.4, 0.5) is 16.3 Å². The van der Waals surface area contributed by atoms with Gasteiger partial charge in [0.15, 0.2) is 0 Å². The Bertz CT molecular complexity index is 1140. The minimum atomic E-state index is 0.0905. The Morgan fingerprint density at radius 1 is 1.22 bits per heavy atom. The summed E-state index contributed by atoms with van der Waals surface area (Å²) in [6.07, 6.45) is 7.97. The summed E-state index contributed by atoms with van der Waals surface area (Å²) in [6.45, 7) is 2.51. The molecule has 1 aliphatic heterocycles. The fourth-order valence-corrected chi connectivity index (χ4v) is 6.41. The maximum absolute atomic E-state index is 12.2. The molecule has 1 aromatic carbocycles. The number of nitrogens with zero attached hydrogens (tertiary/aromatic N) is 3. The lowest BCUT2D eigenvalue weighted by atomic mass is 9.86. The van der Waals surface area contributed by atoms with Crippen molar-refractivity contribution in [1.82, 2.24) is 20.2 Å². The van der Waals surface area contributed by atoms with Gasteiger partial charge in [0.05, 0.1) is 16.1 Å². The Hall–Kier alpha value is -2.09. The number of aromatic nitrogens is 2. The van der Waals surface area contributed by atoms with E-state index in [-0.39, 0.29) is 6.03 Å². The van der Waals surface area contributed by atoms with Crippen LogP contribution in [0.2, 0.25) is 10.0 Å². The molecule has 2 N–H and O–H groups in total. The maximum Gasteiger partial charge on any atom is 0.317 e. The van der Waals surface area contributed by atoms with E-state index >= 15 is 0 Å². The smallest absolute Gasteiger partial charge is 0.317 e. The summed E-state index contributed by atoms with van der Waals surface area (Å²) in [4.78, 5) is 25.6. The molecule has 1 atom stereocenters. The van der Waals surface area contributed by atoms with Crippen LogP contribution in [0.15, 0.2) is 24.5 Å². The highest BCUT2D eigenvalue weighted by Gasteiger charge is 2.26. The van der Waals surface area contributed by atoms with Crippen LogP contribution in [0.3, 0.4) is 0 Å². The first-order chi connectivity index (χ1) is 15.6. The van der Waals surface area contributed by atoms with E-state index in [0.717, 1.165) is 79.9 Å². The van der Waals surface area contributed by atoms with Gasteiger partial charge < -0.3 is 15.5 Å². The minimum absolute atomic E-state index is 0.0905. The monoisotopic (exact) mass is 489 g/mol. The number of amides is 2. The number of aryl methyl sites for hydroxylation is 1. The molecular weight excluding hydrogens is 465 g/mol. The van der Waals surface area contributed by atoms with Crippen molar-refractivity contribution in [3.63, 3.8) is 0 Å².